The molecule has 21 aromatic carbocycles. The minimum atomic E-state index is -0.478. The van der Waals surface area contributed by atoms with Gasteiger partial charge in [0, 0.05) is 66.7 Å². The molecule has 1 heterocycles. The predicted octanol–water partition coefficient (Wildman–Crippen LogP) is 37.0. The minimum absolute atomic E-state index is 0.110. The summed E-state index contributed by atoms with van der Waals surface area (Å²) in [7, 11) is 0. The molecule has 3 aliphatic rings. The fraction of sp³-hybridized carbons (Fsp3) is 0.0667. The quantitative estimate of drug-likeness (QED) is 0.0906. The van der Waals surface area contributed by atoms with Crippen molar-refractivity contribution < 1.29 is 4.42 Å². The van der Waals surface area contributed by atoms with Crippen molar-refractivity contribution in [1.29, 1.82) is 0 Å². The molecule has 0 unspecified atom stereocenters. The summed E-state index contributed by atoms with van der Waals surface area (Å²) in [5.41, 5.74) is 46.5. The van der Waals surface area contributed by atoms with Crippen LogP contribution in [-0.2, 0) is 16.2 Å². The van der Waals surface area contributed by atoms with Crippen molar-refractivity contribution in [3.05, 3.63) is 571 Å². The van der Waals surface area contributed by atoms with Gasteiger partial charge in [-0.2, -0.15) is 0 Å². The summed E-state index contributed by atoms with van der Waals surface area (Å²) in [4.78, 5) is 7.35. The number of hydrogen-bond donors (Lipinski definition) is 0. The van der Waals surface area contributed by atoms with Crippen LogP contribution in [0.4, 0.5) is 51.2 Å². The van der Waals surface area contributed by atoms with E-state index in [1.165, 1.54) is 156 Å². The molecule has 0 N–H and O–H groups in total. The topological polar surface area (TPSA) is 22.9 Å². The molecule has 0 saturated carbocycles. The van der Waals surface area contributed by atoms with Crippen LogP contribution in [0.5, 0.6) is 0 Å². The highest BCUT2D eigenvalue weighted by Gasteiger charge is 2.48. The van der Waals surface area contributed by atoms with E-state index in [1.54, 1.807) is 0 Å². The third-order valence-electron chi connectivity index (χ3n) is 28.9. The van der Waals surface area contributed by atoms with E-state index < -0.39 is 5.41 Å². The van der Waals surface area contributed by atoms with Crippen LogP contribution in [0.2, 0.25) is 0 Å². The third-order valence-corrected chi connectivity index (χ3v) is 28.9. The number of nitrogens with zero attached hydrogens (tertiary/aromatic N) is 3. The lowest BCUT2D eigenvalue weighted by Gasteiger charge is -2.35. The number of furan rings is 1. The van der Waals surface area contributed by atoms with E-state index in [2.05, 4.69) is 572 Å². The molecule has 0 bridgehead atoms. The molecule has 0 amide bonds. The van der Waals surface area contributed by atoms with E-state index >= 15 is 0 Å². The van der Waals surface area contributed by atoms with Crippen LogP contribution >= 0.6 is 0 Å². The molecule has 0 atom stereocenters. The van der Waals surface area contributed by atoms with Crippen molar-refractivity contribution in [1.82, 2.24) is 0 Å². The summed E-state index contributed by atoms with van der Waals surface area (Å²) in [6.07, 6.45) is 0. The van der Waals surface area contributed by atoms with E-state index in [-0.39, 0.29) is 10.8 Å². The summed E-state index contributed by atoms with van der Waals surface area (Å²) >= 11 is 0. The molecule has 0 radical (unpaired) electrons. The highest BCUT2D eigenvalue weighted by Crippen LogP contribution is 2.62. The lowest BCUT2D eigenvalue weighted by atomic mass is 9.68. The van der Waals surface area contributed by atoms with Crippen LogP contribution in [0, 0.1) is 13.8 Å². The van der Waals surface area contributed by atoms with Gasteiger partial charge in [0.05, 0.1) is 28.2 Å². The van der Waals surface area contributed by atoms with Gasteiger partial charge in [-0.15, -0.1) is 0 Å². The van der Waals surface area contributed by atoms with Crippen molar-refractivity contribution >= 4 is 73.1 Å². The molecule has 4 nitrogen and oxygen atoms in total. The molecule has 3 aliphatic carbocycles. The maximum Gasteiger partial charge on any atom is 0.159 e. The summed E-state index contributed by atoms with van der Waals surface area (Å²) < 4.78 is 6.97. The minimum Gasteiger partial charge on any atom is -0.453 e. The molecule has 0 saturated heterocycles. The number of benzene rings is 21. The first-order valence-corrected chi connectivity index (χ1v) is 48.3. The van der Waals surface area contributed by atoms with E-state index in [4.69, 9.17) is 4.42 Å². The fourth-order valence-electron chi connectivity index (χ4n) is 22.4. The Labute approximate surface area is 815 Å². The maximum absolute atomic E-state index is 6.97. The summed E-state index contributed by atoms with van der Waals surface area (Å²) in [6, 6.07) is 187. The normalized spacial score (nSPS) is 12.8. The Morgan fingerprint density at radius 3 is 1.04 bits per heavy atom. The van der Waals surface area contributed by atoms with Crippen LogP contribution in [-0.4, -0.2) is 0 Å². The fourth-order valence-corrected chi connectivity index (χ4v) is 22.4. The Kier molecular flexibility index (Phi) is 22.4. The zero-order chi connectivity index (χ0) is 93.7. The highest BCUT2D eigenvalue weighted by molar-refractivity contribution is 6.14. The van der Waals surface area contributed by atoms with E-state index in [0.29, 0.717) is 0 Å². The highest BCUT2D eigenvalue weighted by atomic mass is 16.3. The van der Waals surface area contributed by atoms with Crippen LogP contribution in [0.25, 0.3) is 122 Å². The van der Waals surface area contributed by atoms with Crippen LogP contribution < -0.4 is 14.7 Å². The van der Waals surface area contributed by atoms with Gasteiger partial charge in [-0.05, 0) is 238 Å². The van der Waals surface area contributed by atoms with Crippen molar-refractivity contribution in [3.8, 4) is 100 Å². The second kappa shape index (κ2) is 36.2. The smallest absolute Gasteiger partial charge is 0.159 e. The zero-order valence-corrected chi connectivity index (χ0v) is 78.8. The summed E-state index contributed by atoms with van der Waals surface area (Å²) in [5, 5.41) is 2.22. The Morgan fingerprint density at radius 2 is 0.518 bits per heavy atom. The van der Waals surface area contributed by atoms with Crippen LogP contribution in [0.15, 0.2) is 520 Å². The van der Waals surface area contributed by atoms with Gasteiger partial charge in [-0.1, -0.05) is 458 Å². The van der Waals surface area contributed by atoms with Gasteiger partial charge in [-0.3, -0.25) is 0 Å². The second-order valence-corrected chi connectivity index (χ2v) is 37.8. The third kappa shape index (κ3) is 15.3. The number of hydrogen-bond acceptors (Lipinski definition) is 4. The molecule has 664 valence electrons. The molecular weight excluding hydrogens is 1680 g/mol. The van der Waals surface area contributed by atoms with Crippen molar-refractivity contribution in [2.24, 2.45) is 0 Å². The average molecular weight is 1780 g/mol. The van der Waals surface area contributed by atoms with Crippen molar-refractivity contribution in [2.75, 3.05) is 14.7 Å². The Balaban J connectivity index is 0.000000118. The standard InChI is InChI=1S/C51H39N.C45H33NO.C39H31N/c1-36-34-40(38-18-7-3-8-19-38)30-32-47(36)52(48-33-31-41(35-37(48)2)39-20-9-4-10-21-39)49-29-17-28-46-50(49)44-26-15-16-27-45(44)51(46,42-22-11-5-12-23-42)43-24-13-6-14-25-43;1-45(2)38-22-10-9-18-37(38)42-39(45)23-13-24-40(42)46(33-28-26-31(27-29-33)30-14-5-3-6-15-30)41-25-12-21-36-35-20-11-19-34(43(35)47-44(36)41)32-16-7-4-8-17-32;1-39(2)36-21-10-9-19-34(36)35-20-12-22-37(38(35)39)40(32-25-23-30(24-26-32)28-13-5-3-6-14-28)33-18-11-17-31(27-33)29-15-7-4-8-16-29/h3-35H,1-2H3;3-29H,1-2H3;3-27H,1-2H3. The number of para-hydroxylation sites is 2. The molecular formula is C135H103N3O. The first-order chi connectivity index (χ1) is 68.3. The Hall–Kier alpha value is -17.2. The van der Waals surface area contributed by atoms with Gasteiger partial charge < -0.3 is 19.1 Å². The zero-order valence-electron chi connectivity index (χ0n) is 78.8. The average Bonchev–Trinajstić information content (AvgIpc) is 1.54. The van der Waals surface area contributed by atoms with Crippen LogP contribution in [0.3, 0.4) is 0 Å². The lowest BCUT2D eigenvalue weighted by molar-refractivity contribution is 0.660. The van der Waals surface area contributed by atoms with Gasteiger partial charge in [-0.25, -0.2) is 0 Å². The Bertz CT molecular complexity index is 8150. The van der Waals surface area contributed by atoms with Gasteiger partial charge >= 0.3 is 0 Å². The molecule has 0 spiro atoms. The molecule has 0 fully saturated rings. The van der Waals surface area contributed by atoms with Crippen LogP contribution in [0.1, 0.15) is 83.3 Å². The van der Waals surface area contributed by atoms with Gasteiger partial charge in [0.2, 0.25) is 0 Å². The van der Waals surface area contributed by atoms with E-state index in [9.17, 15) is 0 Å². The number of fused-ring (bicyclic) bond motifs is 12. The van der Waals surface area contributed by atoms with Crippen molar-refractivity contribution in [2.45, 2.75) is 57.8 Å². The maximum atomic E-state index is 6.97. The van der Waals surface area contributed by atoms with E-state index in [0.717, 1.165) is 72.9 Å². The largest absolute Gasteiger partial charge is 0.453 e. The second-order valence-electron chi connectivity index (χ2n) is 37.8. The number of anilines is 9. The molecule has 1 aromatic heterocycles. The summed E-state index contributed by atoms with van der Waals surface area (Å²) in [5.74, 6) is 0. The molecule has 0 aliphatic heterocycles. The predicted molar refractivity (Wildman–Crippen MR) is 585 cm³/mol. The first-order valence-electron chi connectivity index (χ1n) is 48.3. The lowest BCUT2D eigenvalue weighted by Crippen LogP contribution is -2.28. The number of rotatable bonds is 17. The van der Waals surface area contributed by atoms with Gasteiger partial charge in [0.15, 0.2) is 5.58 Å². The molecule has 4 heteroatoms. The molecule has 22 aromatic rings. The van der Waals surface area contributed by atoms with Gasteiger partial charge in [0.25, 0.3) is 0 Å². The SMILES string of the molecule is CC1(C)c2ccccc2-c2c(N(c3ccc(-c4ccccc4)cc3)c3cccc4c3oc3c(-c5ccccc5)cccc34)cccc21.CC1(C)c2ccccc2-c2cccc(N(c3ccc(-c4ccccc4)cc3)c3cccc(-c4ccccc4)c3)c21.Cc1cc(-c2ccccc2)ccc1N(c1ccc(-c2ccccc2)cc1C)c1cccc2c1-c1ccccc1C2(c1ccccc1)c1ccccc1. The summed E-state index contributed by atoms with van der Waals surface area (Å²) in [6.45, 7) is 13.9. The molecule has 25 rings (SSSR count). The Morgan fingerprint density at radius 1 is 0.187 bits per heavy atom. The first kappa shape index (κ1) is 86.0. The van der Waals surface area contributed by atoms with Crippen molar-refractivity contribution in [3.63, 3.8) is 0 Å². The van der Waals surface area contributed by atoms with E-state index in [1.807, 2.05) is 0 Å². The van der Waals surface area contributed by atoms with Gasteiger partial charge in [0.1, 0.15) is 5.58 Å². The molecule has 139 heavy (non-hydrogen) atoms. The number of aryl methyl sites for hydroxylation is 2. The monoisotopic (exact) mass is 1780 g/mol.